The Kier molecular flexibility index (Phi) is 5.20. The molecule has 0 aliphatic heterocycles. The van der Waals surface area contributed by atoms with E-state index in [-0.39, 0.29) is 16.6 Å². The number of ketones is 1. The van der Waals surface area contributed by atoms with Gasteiger partial charge in [-0.15, -0.1) is 17.9 Å². The van der Waals surface area contributed by atoms with Crippen LogP contribution >= 0.6 is 23.1 Å². The SMILES string of the molecule is C=CCn1c(SC(C)C(C)=O)nc2sc(-c3ccccc3)cc2c1=O. The maximum Gasteiger partial charge on any atom is 0.263 e. The van der Waals surface area contributed by atoms with Crippen LogP contribution in [0.5, 0.6) is 0 Å². The number of thioether (sulfide) groups is 1. The number of thiophene rings is 1. The lowest BCUT2D eigenvalue weighted by Crippen LogP contribution is -2.23. The Morgan fingerprint density at radius 1 is 1.40 bits per heavy atom. The van der Waals surface area contributed by atoms with Gasteiger partial charge in [-0.1, -0.05) is 48.2 Å². The van der Waals surface area contributed by atoms with Gasteiger partial charge in [-0.05, 0) is 25.5 Å². The van der Waals surface area contributed by atoms with Crippen LogP contribution in [0.1, 0.15) is 13.8 Å². The molecule has 0 aliphatic rings. The highest BCUT2D eigenvalue weighted by Crippen LogP contribution is 2.32. The summed E-state index contributed by atoms with van der Waals surface area (Å²) in [5.41, 5.74) is 0.966. The predicted molar refractivity (Wildman–Crippen MR) is 106 cm³/mol. The van der Waals surface area contributed by atoms with E-state index >= 15 is 0 Å². The van der Waals surface area contributed by atoms with E-state index in [0.29, 0.717) is 21.9 Å². The summed E-state index contributed by atoms with van der Waals surface area (Å²) in [6.07, 6.45) is 1.67. The van der Waals surface area contributed by atoms with Crippen LogP contribution in [-0.2, 0) is 11.3 Å². The molecule has 3 rings (SSSR count). The summed E-state index contributed by atoms with van der Waals surface area (Å²) in [5.74, 6) is 0.0562. The molecule has 6 heteroatoms. The van der Waals surface area contributed by atoms with Crippen LogP contribution in [0.15, 0.2) is 59.0 Å². The average molecular weight is 370 g/mol. The smallest absolute Gasteiger partial charge is 0.263 e. The molecule has 1 atom stereocenters. The second-order valence-electron chi connectivity index (χ2n) is 5.67. The molecular weight excluding hydrogens is 352 g/mol. The van der Waals surface area contributed by atoms with Gasteiger partial charge < -0.3 is 0 Å². The van der Waals surface area contributed by atoms with Crippen molar-refractivity contribution in [2.45, 2.75) is 30.8 Å². The quantitative estimate of drug-likeness (QED) is 0.367. The molecule has 0 aliphatic carbocycles. The number of hydrogen-bond acceptors (Lipinski definition) is 5. The monoisotopic (exact) mass is 370 g/mol. The molecule has 2 heterocycles. The minimum atomic E-state index is -0.256. The normalized spacial score (nSPS) is 12.2. The third-order valence-electron chi connectivity index (χ3n) is 3.84. The largest absolute Gasteiger partial charge is 0.299 e. The number of Topliss-reactive ketones (excluding diaryl/α,β-unsaturated/α-hetero) is 1. The fourth-order valence-corrected chi connectivity index (χ4v) is 4.36. The van der Waals surface area contributed by atoms with E-state index in [2.05, 4.69) is 11.6 Å². The number of benzene rings is 1. The highest BCUT2D eigenvalue weighted by Gasteiger charge is 2.18. The Balaban J connectivity index is 2.16. The number of carbonyl (C=O) groups is 1. The van der Waals surface area contributed by atoms with E-state index in [4.69, 9.17) is 0 Å². The molecule has 128 valence electrons. The molecule has 0 N–H and O–H groups in total. The van der Waals surface area contributed by atoms with Crippen molar-refractivity contribution in [1.29, 1.82) is 0 Å². The highest BCUT2D eigenvalue weighted by atomic mass is 32.2. The zero-order valence-corrected chi connectivity index (χ0v) is 15.7. The van der Waals surface area contributed by atoms with Gasteiger partial charge in [-0.3, -0.25) is 14.2 Å². The first kappa shape index (κ1) is 17.6. The maximum absolute atomic E-state index is 12.9. The summed E-state index contributed by atoms with van der Waals surface area (Å²) in [4.78, 5) is 30.9. The number of hydrogen-bond donors (Lipinski definition) is 0. The molecule has 1 aromatic carbocycles. The van der Waals surface area contributed by atoms with Gasteiger partial charge >= 0.3 is 0 Å². The molecular formula is C19H18N2O2S2. The second-order valence-corrected chi connectivity index (χ2v) is 8.00. The number of carbonyl (C=O) groups excluding carboxylic acids is 1. The van der Waals surface area contributed by atoms with Crippen LogP contribution in [0.2, 0.25) is 0 Å². The molecule has 2 aromatic heterocycles. The molecule has 0 radical (unpaired) electrons. The fraction of sp³-hybridized carbons (Fsp3) is 0.211. The van der Waals surface area contributed by atoms with Gasteiger partial charge in [0.05, 0.1) is 10.6 Å². The summed E-state index contributed by atoms with van der Waals surface area (Å²) in [5, 5.41) is 0.904. The van der Waals surface area contributed by atoms with E-state index in [1.165, 1.54) is 23.1 Å². The molecule has 3 aromatic rings. The van der Waals surface area contributed by atoms with E-state index in [0.717, 1.165) is 10.4 Å². The van der Waals surface area contributed by atoms with E-state index < -0.39 is 0 Å². The van der Waals surface area contributed by atoms with Crippen molar-refractivity contribution in [2.75, 3.05) is 0 Å². The van der Waals surface area contributed by atoms with Gasteiger partial charge in [0, 0.05) is 11.4 Å². The number of allylic oxidation sites excluding steroid dienone is 1. The van der Waals surface area contributed by atoms with E-state index in [1.807, 2.05) is 43.3 Å². The van der Waals surface area contributed by atoms with Crippen LogP contribution in [0.4, 0.5) is 0 Å². The van der Waals surface area contributed by atoms with Gasteiger partial charge in [0.2, 0.25) is 0 Å². The Morgan fingerprint density at radius 2 is 2.12 bits per heavy atom. The molecule has 0 fully saturated rings. The number of nitrogens with zero attached hydrogens (tertiary/aromatic N) is 2. The first-order chi connectivity index (χ1) is 12.0. The molecule has 1 unspecified atom stereocenters. The summed E-state index contributed by atoms with van der Waals surface area (Å²) in [6, 6.07) is 11.8. The van der Waals surface area contributed by atoms with Gasteiger partial charge in [0.25, 0.3) is 5.56 Å². The zero-order chi connectivity index (χ0) is 18.0. The van der Waals surface area contributed by atoms with Crippen LogP contribution in [-0.4, -0.2) is 20.6 Å². The fourth-order valence-electron chi connectivity index (χ4n) is 2.36. The first-order valence-corrected chi connectivity index (χ1v) is 9.58. The average Bonchev–Trinajstić information content (AvgIpc) is 3.03. The van der Waals surface area contributed by atoms with Crippen molar-refractivity contribution in [3.63, 3.8) is 0 Å². The minimum absolute atomic E-state index is 0.0562. The molecule has 0 saturated carbocycles. The Bertz CT molecular complexity index is 990. The Morgan fingerprint density at radius 3 is 2.76 bits per heavy atom. The third kappa shape index (κ3) is 3.60. The third-order valence-corrected chi connectivity index (χ3v) is 6.13. The molecule has 4 nitrogen and oxygen atoms in total. The molecule has 0 bridgehead atoms. The van der Waals surface area contributed by atoms with Crippen molar-refractivity contribution in [2.24, 2.45) is 0 Å². The lowest BCUT2D eigenvalue weighted by atomic mass is 10.2. The first-order valence-electron chi connectivity index (χ1n) is 7.89. The maximum atomic E-state index is 12.9. The predicted octanol–water partition coefficient (Wildman–Crippen LogP) is 4.38. The minimum Gasteiger partial charge on any atom is -0.299 e. The van der Waals surface area contributed by atoms with Gasteiger partial charge in [0.15, 0.2) is 5.16 Å². The van der Waals surface area contributed by atoms with Crippen LogP contribution < -0.4 is 5.56 Å². The number of fused-ring (bicyclic) bond motifs is 1. The lowest BCUT2D eigenvalue weighted by Gasteiger charge is -2.12. The van der Waals surface area contributed by atoms with E-state index in [9.17, 15) is 9.59 Å². The van der Waals surface area contributed by atoms with Crippen molar-refractivity contribution in [3.8, 4) is 10.4 Å². The van der Waals surface area contributed by atoms with Crippen molar-refractivity contribution >= 4 is 39.1 Å². The van der Waals surface area contributed by atoms with Crippen LogP contribution in [0.3, 0.4) is 0 Å². The summed E-state index contributed by atoms with van der Waals surface area (Å²) in [7, 11) is 0. The Labute approximate surface area is 154 Å². The highest BCUT2D eigenvalue weighted by molar-refractivity contribution is 8.00. The summed E-state index contributed by atoms with van der Waals surface area (Å²) in [6.45, 7) is 7.46. The standard InChI is InChI=1S/C19H18N2O2S2/c1-4-10-21-18(23)15-11-16(14-8-6-5-7-9-14)25-17(15)20-19(21)24-13(3)12(2)22/h4-9,11,13H,1,10H2,2-3H3. The lowest BCUT2D eigenvalue weighted by molar-refractivity contribution is -0.116. The topological polar surface area (TPSA) is 52.0 Å². The number of rotatable bonds is 6. The summed E-state index contributed by atoms with van der Waals surface area (Å²) >= 11 is 2.81. The molecule has 0 spiro atoms. The number of aromatic nitrogens is 2. The van der Waals surface area contributed by atoms with Crippen LogP contribution in [0, 0.1) is 0 Å². The second kappa shape index (κ2) is 7.37. The zero-order valence-electron chi connectivity index (χ0n) is 14.1. The van der Waals surface area contributed by atoms with Gasteiger partial charge in [-0.25, -0.2) is 4.98 Å². The molecule has 0 saturated heterocycles. The van der Waals surface area contributed by atoms with Crippen molar-refractivity contribution in [3.05, 3.63) is 59.4 Å². The van der Waals surface area contributed by atoms with E-state index in [1.54, 1.807) is 17.6 Å². The van der Waals surface area contributed by atoms with Crippen LogP contribution in [0.25, 0.3) is 20.7 Å². The summed E-state index contributed by atoms with van der Waals surface area (Å²) < 4.78 is 1.58. The van der Waals surface area contributed by atoms with Crippen molar-refractivity contribution < 1.29 is 4.79 Å². The van der Waals surface area contributed by atoms with Gasteiger partial charge in [0.1, 0.15) is 10.6 Å². The van der Waals surface area contributed by atoms with Gasteiger partial charge in [-0.2, -0.15) is 0 Å². The Hall–Kier alpha value is -2.18. The molecule has 0 amide bonds. The molecule has 25 heavy (non-hydrogen) atoms. The van der Waals surface area contributed by atoms with Crippen molar-refractivity contribution in [1.82, 2.24) is 9.55 Å².